The van der Waals surface area contributed by atoms with Gasteiger partial charge in [0.25, 0.3) is 5.91 Å². The number of hydrogen-bond donors (Lipinski definition) is 1. The number of para-hydroxylation sites is 1. The highest BCUT2D eigenvalue weighted by molar-refractivity contribution is 6.02. The zero-order valence-electron chi connectivity index (χ0n) is 19.5. The normalized spacial score (nSPS) is 15.5. The number of hydrogen-bond acceptors (Lipinski definition) is 5. The first-order valence-electron chi connectivity index (χ1n) is 11.8. The van der Waals surface area contributed by atoms with E-state index in [-0.39, 0.29) is 12.1 Å². The first-order valence-corrected chi connectivity index (χ1v) is 11.8. The molecule has 1 atom stereocenters. The minimum Gasteiger partial charge on any atom is -0.351 e. The third-order valence-corrected chi connectivity index (χ3v) is 6.44. The standard InChI is InChI=1S/C27H28N6O/c1-3-9-25-32(4-2)24-13-8-7-12-23(24)27(34)33(25)18-19-14-16-20(17-15-19)21-10-5-6-11-22(21)26-28-30-31-29-26/h5-8,10-17,25H,3-4,9,18H2,1-2H3,(H,28,29,30,31). The second-order valence-corrected chi connectivity index (χ2v) is 8.48. The molecule has 1 unspecified atom stereocenters. The fourth-order valence-corrected chi connectivity index (χ4v) is 4.84. The van der Waals surface area contributed by atoms with Crippen molar-refractivity contribution in [1.29, 1.82) is 0 Å². The van der Waals surface area contributed by atoms with Gasteiger partial charge in [0.1, 0.15) is 6.17 Å². The van der Waals surface area contributed by atoms with Crippen molar-refractivity contribution >= 4 is 11.6 Å². The van der Waals surface area contributed by atoms with Gasteiger partial charge in [-0.05, 0) is 47.4 Å². The summed E-state index contributed by atoms with van der Waals surface area (Å²) in [4.78, 5) is 17.9. The lowest BCUT2D eigenvalue weighted by atomic mass is 9.97. The molecule has 34 heavy (non-hydrogen) atoms. The Morgan fingerprint density at radius 3 is 2.24 bits per heavy atom. The number of benzene rings is 3. The van der Waals surface area contributed by atoms with Gasteiger partial charge in [-0.1, -0.05) is 74.0 Å². The molecule has 1 aromatic heterocycles. The number of H-pyrrole nitrogens is 1. The summed E-state index contributed by atoms with van der Waals surface area (Å²) >= 11 is 0. The van der Waals surface area contributed by atoms with Crippen molar-refractivity contribution in [2.45, 2.75) is 39.4 Å². The van der Waals surface area contributed by atoms with Crippen LogP contribution in [0, 0.1) is 0 Å². The van der Waals surface area contributed by atoms with Gasteiger partial charge in [-0.3, -0.25) is 4.79 Å². The van der Waals surface area contributed by atoms with Gasteiger partial charge in [0.2, 0.25) is 5.82 Å². The maximum absolute atomic E-state index is 13.5. The first-order chi connectivity index (χ1) is 16.7. The minimum absolute atomic E-state index is 0.0519. The maximum atomic E-state index is 13.5. The fraction of sp³-hybridized carbons (Fsp3) is 0.259. The average molecular weight is 453 g/mol. The molecule has 0 saturated carbocycles. The minimum atomic E-state index is 0.0519. The second-order valence-electron chi connectivity index (χ2n) is 8.48. The number of anilines is 1. The number of nitrogens with zero attached hydrogens (tertiary/aromatic N) is 5. The summed E-state index contributed by atoms with van der Waals surface area (Å²) in [6, 6.07) is 24.4. The van der Waals surface area contributed by atoms with Crippen molar-refractivity contribution < 1.29 is 4.79 Å². The number of rotatable bonds is 7. The second kappa shape index (κ2) is 9.47. The van der Waals surface area contributed by atoms with E-state index in [1.54, 1.807) is 0 Å². The molecule has 4 aromatic rings. The molecular formula is C27H28N6O. The number of carbonyl (C=O) groups excluding carboxylic acids is 1. The monoisotopic (exact) mass is 452 g/mol. The molecule has 5 rings (SSSR count). The molecule has 1 aliphatic heterocycles. The number of fused-ring (bicyclic) bond motifs is 1. The predicted molar refractivity (Wildman–Crippen MR) is 133 cm³/mol. The molecule has 0 bridgehead atoms. The van der Waals surface area contributed by atoms with E-state index in [9.17, 15) is 4.79 Å². The van der Waals surface area contributed by atoms with E-state index >= 15 is 0 Å². The SMILES string of the molecule is CCCC1N(Cc2ccc(-c3ccccc3-c3nn[nH]n3)cc2)C(=O)c2ccccc2N1CC. The average Bonchev–Trinajstić information content (AvgIpc) is 3.42. The van der Waals surface area contributed by atoms with Crippen LogP contribution in [0.3, 0.4) is 0 Å². The summed E-state index contributed by atoms with van der Waals surface area (Å²) in [5.74, 6) is 0.671. The zero-order valence-corrected chi connectivity index (χ0v) is 19.5. The Balaban J connectivity index is 1.44. The molecule has 0 radical (unpaired) electrons. The van der Waals surface area contributed by atoms with Gasteiger partial charge in [0, 0.05) is 18.7 Å². The van der Waals surface area contributed by atoms with Crippen molar-refractivity contribution in [3.8, 4) is 22.5 Å². The molecule has 7 heteroatoms. The molecule has 0 saturated heterocycles. The van der Waals surface area contributed by atoms with E-state index < -0.39 is 0 Å². The van der Waals surface area contributed by atoms with Gasteiger partial charge in [-0.2, -0.15) is 5.21 Å². The van der Waals surface area contributed by atoms with E-state index in [2.05, 4.69) is 75.8 Å². The van der Waals surface area contributed by atoms with Crippen molar-refractivity contribution in [2.24, 2.45) is 0 Å². The largest absolute Gasteiger partial charge is 0.351 e. The molecule has 1 amide bonds. The third kappa shape index (κ3) is 3.94. The Labute approximate surface area is 199 Å². The van der Waals surface area contributed by atoms with Crippen molar-refractivity contribution in [3.63, 3.8) is 0 Å². The van der Waals surface area contributed by atoms with Gasteiger partial charge in [-0.25, -0.2) is 0 Å². The highest BCUT2D eigenvalue weighted by Crippen LogP contribution is 2.34. The van der Waals surface area contributed by atoms with Crippen LogP contribution in [0.4, 0.5) is 5.69 Å². The van der Waals surface area contributed by atoms with E-state index in [0.29, 0.717) is 12.4 Å². The maximum Gasteiger partial charge on any atom is 0.257 e. The molecule has 7 nitrogen and oxygen atoms in total. The number of tetrazole rings is 1. The molecular weight excluding hydrogens is 424 g/mol. The van der Waals surface area contributed by atoms with Gasteiger partial charge in [-0.15, -0.1) is 10.2 Å². The summed E-state index contributed by atoms with van der Waals surface area (Å²) in [6.07, 6.45) is 2.00. The van der Waals surface area contributed by atoms with Crippen molar-refractivity contribution in [2.75, 3.05) is 11.4 Å². The molecule has 172 valence electrons. The lowest BCUT2D eigenvalue weighted by Crippen LogP contribution is -2.54. The van der Waals surface area contributed by atoms with E-state index in [4.69, 9.17) is 0 Å². The Morgan fingerprint density at radius 1 is 0.853 bits per heavy atom. The number of aromatic nitrogens is 4. The molecule has 2 heterocycles. The third-order valence-electron chi connectivity index (χ3n) is 6.44. The van der Waals surface area contributed by atoms with Gasteiger partial charge in [0.05, 0.1) is 11.3 Å². The van der Waals surface area contributed by atoms with Crippen LogP contribution in [0.15, 0.2) is 72.8 Å². The molecule has 0 aliphatic carbocycles. The predicted octanol–water partition coefficient (Wildman–Crippen LogP) is 5.14. The van der Waals surface area contributed by atoms with Crippen molar-refractivity contribution in [1.82, 2.24) is 25.5 Å². The van der Waals surface area contributed by atoms with Gasteiger partial charge >= 0.3 is 0 Å². The molecule has 0 fully saturated rings. The van der Waals surface area contributed by atoms with E-state index in [1.165, 1.54) is 0 Å². The molecule has 1 N–H and O–H groups in total. The highest BCUT2D eigenvalue weighted by atomic mass is 16.2. The topological polar surface area (TPSA) is 78.0 Å². The van der Waals surface area contributed by atoms with Crippen LogP contribution < -0.4 is 4.90 Å². The van der Waals surface area contributed by atoms with Crippen LogP contribution in [-0.4, -0.2) is 44.1 Å². The Bertz CT molecular complexity index is 1270. The number of carbonyl (C=O) groups is 1. The van der Waals surface area contributed by atoms with Crippen molar-refractivity contribution in [3.05, 3.63) is 83.9 Å². The summed E-state index contributed by atoms with van der Waals surface area (Å²) in [5, 5.41) is 14.5. The molecule has 3 aromatic carbocycles. The fourth-order valence-electron chi connectivity index (χ4n) is 4.84. The lowest BCUT2D eigenvalue weighted by Gasteiger charge is -2.45. The van der Waals surface area contributed by atoms with Gasteiger partial charge in [0.15, 0.2) is 0 Å². The highest BCUT2D eigenvalue weighted by Gasteiger charge is 2.36. The number of nitrogens with one attached hydrogen (secondary N) is 1. The van der Waals surface area contributed by atoms with Crippen LogP contribution >= 0.6 is 0 Å². The number of amides is 1. The first kappa shape index (κ1) is 21.8. The van der Waals surface area contributed by atoms with E-state index in [1.807, 2.05) is 41.3 Å². The summed E-state index contributed by atoms with van der Waals surface area (Å²) in [5.41, 5.74) is 5.96. The summed E-state index contributed by atoms with van der Waals surface area (Å²) in [6.45, 7) is 5.76. The Kier molecular flexibility index (Phi) is 6.08. The molecule has 0 spiro atoms. The lowest BCUT2D eigenvalue weighted by molar-refractivity contribution is 0.0621. The van der Waals surface area contributed by atoms with Crippen LogP contribution in [0.5, 0.6) is 0 Å². The Hall–Kier alpha value is -4.00. The molecule has 1 aliphatic rings. The quantitative estimate of drug-likeness (QED) is 0.420. The van der Waals surface area contributed by atoms with Crippen LogP contribution in [0.2, 0.25) is 0 Å². The van der Waals surface area contributed by atoms with Crippen LogP contribution in [0.1, 0.15) is 42.6 Å². The van der Waals surface area contributed by atoms with Crippen LogP contribution in [0.25, 0.3) is 22.5 Å². The van der Waals surface area contributed by atoms with E-state index in [0.717, 1.165) is 52.9 Å². The Morgan fingerprint density at radius 2 is 1.56 bits per heavy atom. The van der Waals surface area contributed by atoms with Gasteiger partial charge < -0.3 is 9.80 Å². The zero-order chi connectivity index (χ0) is 23.5. The number of aromatic amines is 1. The summed E-state index contributed by atoms with van der Waals surface area (Å²) < 4.78 is 0. The van der Waals surface area contributed by atoms with Crippen LogP contribution in [-0.2, 0) is 6.54 Å². The summed E-state index contributed by atoms with van der Waals surface area (Å²) in [7, 11) is 0. The smallest absolute Gasteiger partial charge is 0.257 e.